The van der Waals surface area contributed by atoms with Gasteiger partial charge in [-0.05, 0) is 43.2 Å². The Bertz CT molecular complexity index is 695. The molecule has 0 aromatic carbocycles. The minimum atomic E-state index is 0.0843. The predicted molar refractivity (Wildman–Crippen MR) is 88.2 cm³/mol. The average molecular weight is 329 g/mol. The van der Waals surface area contributed by atoms with Gasteiger partial charge in [0.15, 0.2) is 0 Å². The van der Waals surface area contributed by atoms with Crippen molar-refractivity contribution >= 4 is 23.3 Å². The van der Waals surface area contributed by atoms with Crippen LogP contribution in [0, 0.1) is 0 Å². The van der Waals surface area contributed by atoms with Crippen molar-refractivity contribution in [2.75, 3.05) is 13.1 Å². The molecule has 0 unspecified atom stereocenters. The summed E-state index contributed by atoms with van der Waals surface area (Å²) in [4.78, 5) is 15.2. The standard InChI is InChI=1S/C17H19N3O2S/c21-15(6-5-14-2-1-11-23-14)20-9-7-13(8-10-20)17-19-18-16(22-17)12-3-4-12/h1-2,5-6,11-13H,3-4,7-10H2. The third-order valence-corrected chi connectivity index (χ3v) is 5.31. The molecule has 2 aromatic rings. The van der Waals surface area contributed by atoms with Gasteiger partial charge in [-0.3, -0.25) is 4.79 Å². The Hall–Kier alpha value is -1.95. The fraction of sp³-hybridized carbons (Fsp3) is 0.471. The van der Waals surface area contributed by atoms with Gasteiger partial charge in [0, 0.05) is 35.9 Å². The molecule has 2 fully saturated rings. The molecule has 0 bridgehead atoms. The van der Waals surface area contributed by atoms with Crippen LogP contribution >= 0.6 is 11.3 Å². The number of amides is 1. The Labute approximate surface area is 139 Å². The van der Waals surface area contributed by atoms with E-state index < -0.39 is 0 Å². The molecule has 23 heavy (non-hydrogen) atoms. The lowest BCUT2D eigenvalue weighted by atomic mass is 9.97. The van der Waals surface area contributed by atoms with Crippen molar-refractivity contribution in [1.29, 1.82) is 0 Å². The molecule has 0 spiro atoms. The maximum absolute atomic E-state index is 12.2. The molecule has 1 saturated carbocycles. The van der Waals surface area contributed by atoms with Crippen LogP contribution in [0.15, 0.2) is 28.0 Å². The molecule has 1 aliphatic heterocycles. The maximum atomic E-state index is 12.2. The summed E-state index contributed by atoms with van der Waals surface area (Å²) in [5, 5.41) is 10.4. The lowest BCUT2D eigenvalue weighted by Crippen LogP contribution is -2.36. The Balaban J connectivity index is 1.32. The molecule has 0 N–H and O–H groups in total. The fourth-order valence-electron chi connectivity index (χ4n) is 2.90. The second-order valence-corrected chi connectivity index (χ2v) is 7.18. The van der Waals surface area contributed by atoms with E-state index in [1.54, 1.807) is 17.4 Å². The zero-order chi connectivity index (χ0) is 15.6. The van der Waals surface area contributed by atoms with Crippen LogP contribution in [0.4, 0.5) is 0 Å². The van der Waals surface area contributed by atoms with Gasteiger partial charge in [-0.2, -0.15) is 0 Å². The highest BCUT2D eigenvalue weighted by Gasteiger charge is 2.32. The van der Waals surface area contributed by atoms with Crippen LogP contribution in [-0.4, -0.2) is 34.1 Å². The number of carbonyl (C=O) groups excluding carboxylic acids is 1. The summed E-state index contributed by atoms with van der Waals surface area (Å²) in [7, 11) is 0. The molecular weight excluding hydrogens is 310 g/mol. The monoisotopic (exact) mass is 329 g/mol. The third-order valence-electron chi connectivity index (χ3n) is 4.47. The van der Waals surface area contributed by atoms with Gasteiger partial charge >= 0.3 is 0 Å². The molecule has 1 saturated heterocycles. The molecule has 3 heterocycles. The zero-order valence-electron chi connectivity index (χ0n) is 12.9. The zero-order valence-corrected chi connectivity index (χ0v) is 13.7. The molecule has 0 atom stereocenters. The summed E-state index contributed by atoms with van der Waals surface area (Å²) in [5.74, 6) is 2.44. The molecule has 1 amide bonds. The minimum absolute atomic E-state index is 0.0843. The fourth-order valence-corrected chi connectivity index (χ4v) is 3.52. The third kappa shape index (κ3) is 3.37. The average Bonchev–Trinajstić information content (AvgIpc) is 3.11. The van der Waals surface area contributed by atoms with Crippen molar-refractivity contribution in [2.45, 2.75) is 37.5 Å². The van der Waals surface area contributed by atoms with Crippen molar-refractivity contribution in [3.05, 3.63) is 40.2 Å². The van der Waals surface area contributed by atoms with Crippen LogP contribution < -0.4 is 0 Å². The van der Waals surface area contributed by atoms with Crippen LogP contribution in [-0.2, 0) is 4.79 Å². The van der Waals surface area contributed by atoms with E-state index in [1.807, 2.05) is 28.5 Å². The van der Waals surface area contributed by atoms with Crippen molar-refractivity contribution in [3.8, 4) is 0 Å². The summed E-state index contributed by atoms with van der Waals surface area (Å²) in [6, 6.07) is 3.99. The number of piperidine rings is 1. The van der Waals surface area contributed by atoms with E-state index in [1.165, 1.54) is 12.8 Å². The molecule has 2 aliphatic rings. The normalized spacial score (nSPS) is 19.6. The van der Waals surface area contributed by atoms with Gasteiger partial charge in [-0.1, -0.05) is 6.07 Å². The number of likely N-dealkylation sites (tertiary alicyclic amines) is 1. The molecule has 1 aliphatic carbocycles. The van der Waals surface area contributed by atoms with E-state index in [9.17, 15) is 4.79 Å². The minimum Gasteiger partial charge on any atom is -0.425 e. The van der Waals surface area contributed by atoms with Gasteiger partial charge in [0.1, 0.15) is 0 Å². The Kier molecular flexibility index (Phi) is 3.99. The SMILES string of the molecule is O=C(C=Cc1cccs1)N1CCC(c2nnc(C3CC3)o2)CC1. The molecular formula is C17H19N3O2S. The molecule has 0 radical (unpaired) electrons. The Morgan fingerprint density at radius 3 is 2.48 bits per heavy atom. The quantitative estimate of drug-likeness (QED) is 0.806. The Morgan fingerprint density at radius 2 is 1.87 bits per heavy atom. The van der Waals surface area contributed by atoms with E-state index in [0.29, 0.717) is 11.8 Å². The van der Waals surface area contributed by atoms with Crippen LogP contribution in [0.25, 0.3) is 6.08 Å². The van der Waals surface area contributed by atoms with E-state index in [4.69, 9.17) is 4.42 Å². The van der Waals surface area contributed by atoms with Gasteiger partial charge < -0.3 is 9.32 Å². The highest BCUT2D eigenvalue weighted by atomic mass is 32.1. The summed E-state index contributed by atoms with van der Waals surface area (Å²) in [6.07, 6.45) is 7.69. The van der Waals surface area contributed by atoms with Crippen LogP contribution in [0.1, 0.15) is 54.2 Å². The number of nitrogens with zero attached hydrogens (tertiary/aromatic N) is 3. The highest BCUT2D eigenvalue weighted by Crippen LogP contribution is 2.40. The van der Waals surface area contributed by atoms with Crippen molar-refractivity contribution < 1.29 is 9.21 Å². The topological polar surface area (TPSA) is 59.2 Å². The predicted octanol–water partition coefficient (Wildman–Crippen LogP) is 3.43. The number of hydrogen-bond acceptors (Lipinski definition) is 5. The number of thiophene rings is 1. The van der Waals surface area contributed by atoms with Gasteiger partial charge in [0.05, 0.1) is 0 Å². The lowest BCUT2D eigenvalue weighted by Gasteiger charge is -2.29. The first-order chi connectivity index (χ1) is 11.3. The second kappa shape index (κ2) is 6.28. The van der Waals surface area contributed by atoms with Crippen LogP contribution in [0.5, 0.6) is 0 Å². The lowest BCUT2D eigenvalue weighted by molar-refractivity contribution is -0.127. The molecule has 4 rings (SSSR count). The van der Waals surface area contributed by atoms with Crippen molar-refractivity contribution in [2.24, 2.45) is 0 Å². The van der Waals surface area contributed by atoms with Gasteiger partial charge in [-0.25, -0.2) is 0 Å². The number of rotatable bonds is 4. The van der Waals surface area contributed by atoms with E-state index in [2.05, 4.69) is 10.2 Å². The summed E-state index contributed by atoms with van der Waals surface area (Å²) in [6.45, 7) is 1.50. The van der Waals surface area contributed by atoms with Crippen LogP contribution in [0.3, 0.4) is 0 Å². The number of carbonyl (C=O) groups is 1. The molecule has 120 valence electrons. The first kappa shape index (κ1) is 14.6. The smallest absolute Gasteiger partial charge is 0.246 e. The van der Waals surface area contributed by atoms with Gasteiger partial charge in [0.2, 0.25) is 17.7 Å². The first-order valence-corrected chi connectivity index (χ1v) is 9.01. The van der Waals surface area contributed by atoms with Crippen molar-refractivity contribution in [3.63, 3.8) is 0 Å². The highest BCUT2D eigenvalue weighted by molar-refractivity contribution is 7.10. The number of aromatic nitrogens is 2. The van der Waals surface area contributed by atoms with E-state index >= 15 is 0 Å². The number of hydrogen-bond donors (Lipinski definition) is 0. The maximum Gasteiger partial charge on any atom is 0.246 e. The summed E-state index contributed by atoms with van der Waals surface area (Å²) in [5.41, 5.74) is 0. The molecule has 2 aromatic heterocycles. The summed E-state index contributed by atoms with van der Waals surface area (Å²) < 4.78 is 5.80. The first-order valence-electron chi connectivity index (χ1n) is 8.13. The van der Waals surface area contributed by atoms with E-state index in [0.717, 1.165) is 42.6 Å². The van der Waals surface area contributed by atoms with Gasteiger partial charge in [0.25, 0.3) is 0 Å². The second-order valence-electron chi connectivity index (χ2n) is 6.20. The van der Waals surface area contributed by atoms with E-state index in [-0.39, 0.29) is 5.91 Å². The van der Waals surface area contributed by atoms with Gasteiger partial charge in [-0.15, -0.1) is 21.5 Å². The van der Waals surface area contributed by atoms with Crippen LogP contribution in [0.2, 0.25) is 0 Å². The summed E-state index contributed by atoms with van der Waals surface area (Å²) >= 11 is 1.63. The molecule has 5 nitrogen and oxygen atoms in total. The largest absolute Gasteiger partial charge is 0.425 e. The van der Waals surface area contributed by atoms with Crippen molar-refractivity contribution in [1.82, 2.24) is 15.1 Å². The Morgan fingerprint density at radius 1 is 1.17 bits per heavy atom. The molecule has 6 heteroatoms.